The SMILES string of the molecule is Cc1ccc2cc(CO)c(N3CCC([C@H](C)N4CCCC4)CC3)nc2c1. The average Bonchev–Trinajstić information content (AvgIpc) is 3.21. The van der Waals surface area contributed by atoms with E-state index in [0.29, 0.717) is 6.04 Å². The lowest BCUT2D eigenvalue weighted by atomic mass is 9.89. The molecule has 140 valence electrons. The van der Waals surface area contributed by atoms with Gasteiger partial charge in [-0.05, 0) is 76.2 Å². The van der Waals surface area contributed by atoms with Gasteiger partial charge in [-0.2, -0.15) is 0 Å². The summed E-state index contributed by atoms with van der Waals surface area (Å²) in [6.07, 6.45) is 5.17. The summed E-state index contributed by atoms with van der Waals surface area (Å²) in [4.78, 5) is 10.00. The zero-order valence-corrected chi connectivity index (χ0v) is 16.1. The summed E-state index contributed by atoms with van der Waals surface area (Å²) < 4.78 is 0. The van der Waals surface area contributed by atoms with E-state index in [-0.39, 0.29) is 6.61 Å². The molecule has 4 heteroatoms. The molecule has 0 saturated carbocycles. The highest BCUT2D eigenvalue weighted by molar-refractivity contribution is 5.82. The number of aromatic nitrogens is 1. The Bertz CT molecular complexity index is 761. The maximum atomic E-state index is 9.87. The van der Waals surface area contributed by atoms with Gasteiger partial charge in [-0.15, -0.1) is 0 Å². The zero-order valence-electron chi connectivity index (χ0n) is 16.1. The fourth-order valence-electron chi connectivity index (χ4n) is 4.74. The summed E-state index contributed by atoms with van der Waals surface area (Å²) in [6.45, 7) is 9.22. The lowest BCUT2D eigenvalue weighted by molar-refractivity contribution is 0.167. The van der Waals surface area contributed by atoms with Crippen molar-refractivity contribution in [2.45, 2.75) is 52.2 Å². The number of rotatable bonds is 4. The molecular formula is C22H31N3O. The third-order valence-corrected chi connectivity index (χ3v) is 6.44. The molecule has 2 aliphatic rings. The van der Waals surface area contributed by atoms with Crippen molar-refractivity contribution < 1.29 is 5.11 Å². The van der Waals surface area contributed by atoms with Crippen molar-refractivity contribution in [2.75, 3.05) is 31.1 Å². The topological polar surface area (TPSA) is 39.6 Å². The van der Waals surface area contributed by atoms with Gasteiger partial charge in [0.1, 0.15) is 5.82 Å². The first kappa shape index (κ1) is 17.7. The Morgan fingerprint density at radius 2 is 1.85 bits per heavy atom. The molecule has 2 saturated heterocycles. The number of nitrogens with zero attached hydrogens (tertiary/aromatic N) is 3. The molecule has 1 atom stereocenters. The van der Waals surface area contributed by atoms with E-state index in [0.717, 1.165) is 41.3 Å². The van der Waals surface area contributed by atoms with E-state index in [1.165, 1.54) is 44.3 Å². The predicted molar refractivity (Wildman–Crippen MR) is 108 cm³/mol. The normalized spacial score (nSPS) is 20.8. The van der Waals surface area contributed by atoms with E-state index in [1.54, 1.807) is 0 Å². The third-order valence-electron chi connectivity index (χ3n) is 6.44. The molecule has 1 aromatic heterocycles. The van der Waals surface area contributed by atoms with Crippen molar-refractivity contribution in [1.29, 1.82) is 0 Å². The number of benzene rings is 1. The first-order valence-corrected chi connectivity index (χ1v) is 10.2. The maximum Gasteiger partial charge on any atom is 0.134 e. The number of aryl methyl sites for hydroxylation is 1. The van der Waals surface area contributed by atoms with E-state index in [1.807, 2.05) is 0 Å². The Morgan fingerprint density at radius 1 is 1.12 bits per heavy atom. The van der Waals surface area contributed by atoms with Gasteiger partial charge in [0.2, 0.25) is 0 Å². The molecule has 1 aromatic carbocycles. The summed E-state index contributed by atoms with van der Waals surface area (Å²) in [6, 6.07) is 9.16. The number of likely N-dealkylation sites (tertiary alicyclic amines) is 1. The van der Waals surface area contributed by atoms with Crippen molar-refractivity contribution in [2.24, 2.45) is 5.92 Å². The number of anilines is 1. The van der Waals surface area contributed by atoms with Gasteiger partial charge in [-0.25, -0.2) is 4.98 Å². The highest BCUT2D eigenvalue weighted by Crippen LogP contribution is 2.31. The number of hydrogen-bond donors (Lipinski definition) is 1. The van der Waals surface area contributed by atoms with Crippen LogP contribution in [0.15, 0.2) is 24.3 Å². The Hall–Kier alpha value is -1.65. The zero-order chi connectivity index (χ0) is 18.1. The molecule has 4 nitrogen and oxygen atoms in total. The molecule has 2 aromatic rings. The van der Waals surface area contributed by atoms with Gasteiger partial charge in [-0.1, -0.05) is 12.1 Å². The summed E-state index contributed by atoms with van der Waals surface area (Å²) in [5.41, 5.74) is 3.21. The largest absolute Gasteiger partial charge is 0.392 e. The Kier molecular flexibility index (Phi) is 5.14. The van der Waals surface area contributed by atoms with Gasteiger partial charge in [0.05, 0.1) is 12.1 Å². The molecule has 2 aliphatic heterocycles. The highest BCUT2D eigenvalue weighted by atomic mass is 16.3. The van der Waals surface area contributed by atoms with Crippen LogP contribution in [0, 0.1) is 12.8 Å². The first-order chi connectivity index (χ1) is 12.7. The molecule has 0 bridgehead atoms. The molecule has 0 aliphatic carbocycles. The van der Waals surface area contributed by atoms with Gasteiger partial charge in [0.15, 0.2) is 0 Å². The molecular weight excluding hydrogens is 322 g/mol. The quantitative estimate of drug-likeness (QED) is 0.909. The van der Waals surface area contributed by atoms with Gasteiger partial charge >= 0.3 is 0 Å². The minimum absolute atomic E-state index is 0.0518. The first-order valence-electron chi connectivity index (χ1n) is 10.2. The molecule has 0 amide bonds. The number of fused-ring (bicyclic) bond motifs is 1. The van der Waals surface area contributed by atoms with E-state index in [9.17, 15) is 5.11 Å². The van der Waals surface area contributed by atoms with E-state index >= 15 is 0 Å². The van der Waals surface area contributed by atoms with Gasteiger partial charge in [0, 0.05) is 30.1 Å². The minimum Gasteiger partial charge on any atom is -0.392 e. The molecule has 0 radical (unpaired) electrons. The van der Waals surface area contributed by atoms with Crippen LogP contribution < -0.4 is 4.90 Å². The summed E-state index contributed by atoms with van der Waals surface area (Å²) in [5, 5.41) is 11.0. The van der Waals surface area contributed by atoms with Crippen LogP contribution in [0.1, 0.15) is 43.7 Å². The van der Waals surface area contributed by atoms with Crippen LogP contribution in [0.3, 0.4) is 0 Å². The van der Waals surface area contributed by atoms with Crippen molar-refractivity contribution >= 4 is 16.7 Å². The number of piperidine rings is 1. The fraction of sp³-hybridized carbons (Fsp3) is 0.591. The number of hydrogen-bond acceptors (Lipinski definition) is 4. The van der Waals surface area contributed by atoms with Crippen molar-refractivity contribution in [3.8, 4) is 0 Å². The van der Waals surface area contributed by atoms with E-state index in [2.05, 4.69) is 47.9 Å². The van der Waals surface area contributed by atoms with Gasteiger partial charge in [0.25, 0.3) is 0 Å². The predicted octanol–water partition coefficient (Wildman–Crippen LogP) is 3.74. The van der Waals surface area contributed by atoms with Gasteiger partial charge in [-0.3, -0.25) is 0 Å². The van der Waals surface area contributed by atoms with Crippen LogP contribution in [0.25, 0.3) is 10.9 Å². The Morgan fingerprint density at radius 3 is 2.54 bits per heavy atom. The van der Waals surface area contributed by atoms with Crippen LogP contribution in [0.2, 0.25) is 0 Å². The van der Waals surface area contributed by atoms with Crippen LogP contribution in [0.5, 0.6) is 0 Å². The van der Waals surface area contributed by atoms with Crippen LogP contribution >= 0.6 is 0 Å². The molecule has 2 fully saturated rings. The lowest BCUT2D eigenvalue weighted by Gasteiger charge is -2.39. The fourth-order valence-corrected chi connectivity index (χ4v) is 4.74. The van der Waals surface area contributed by atoms with Crippen LogP contribution in [-0.2, 0) is 6.61 Å². The Balaban J connectivity index is 1.51. The molecule has 1 N–H and O–H groups in total. The summed E-state index contributed by atoms with van der Waals surface area (Å²) in [5.74, 6) is 1.77. The second kappa shape index (κ2) is 7.53. The Labute approximate surface area is 156 Å². The molecule has 0 spiro atoms. The third kappa shape index (κ3) is 3.45. The van der Waals surface area contributed by atoms with Crippen molar-refractivity contribution in [1.82, 2.24) is 9.88 Å². The average molecular weight is 354 g/mol. The van der Waals surface area contributed by atoms with Crippen LogP contribution in [0.4, 0.5) is 5.82 Å². The standard InChI is InChI=1S/C22H31N3O/c1-16-5-6-19-14-20(15-26)22(23-21(19)13-16)25-11-7-18(8-12-25)17(2)24-9-3-4-10-24/h5-6,13-14,17-18,26H,3-4,7-12,15H2,1-2H3/t17-/m0/s1. The van der Waals surface area contributed by atoms with Crippen molar-refractivity contribution in [3.63, 3.8) is 0 Å². The minimum atomic E-state index is 0.0518. The van der Waals surface area contributed by atoms with Gasteiger partial charge < -0.3 is 14.9 Å². The van der Waals surface area contributed by atoms with E-state index in [4.69, 9.17) is 4.98 Å². The maximum absolute atomic E-state index is 9.87. The second-order valence-corrected chi connectivity index (χ2v) is 8.13. The van der Waals surface area contributed by atoms with Crippen molar-refractivity contribution in [3.05, 3.63) is 35.4 Å². The second-order valence-electron chi connectivity index (χ2n) is 8.13. The van der Waals surface area contributed by atoms with Crippen LogP contribution in [-0.4, -0.2) is 47.2 Å². The van der Waals surface area contributed by atoms with E-state index < -0.39 is 0 Å². The molecule has 26 heavy (non-hydrogen) atoms. The lowest BCUT2D eigenvalue weighted by Crippen LogP contribution is -2.43. The summed E-state index contributed by atoms with van der Waals surface area (Å²) >= 11 is 0. The highest BCUT2D eigenvalue weighted by Gasteiger charge is 2.30. The summed E-state index contributed by atoms with van der Waals surface area (Å²) in [7, 11) is 0. The smallest absolute Gasteiger partial charge is 0.134 e. The number of aliphatic hydroxyl groups is 1. The number of aliphatic hydroxyl groups excluding tert-OH is 1. The molecule has 4 rings (SSSR count). The molecule has 0 unspecified atom stereocenters. The monoisotopic (exact) mass is 353 g/mol. The molecule has 3 heterocycles. The number of pyridine rings is 1.